The smallest absolute Gasteiger partial charge is 0.352 e. The van der Waals surface area contributed by atoms with Crippen LogP contribution in [-0.4, -0.2) is 15.6 Å². The molecule has 1 unspecified atom stereocenters. The molecular formula is C10H15NO2. The van der Waals surface area contributed by atoms with Crippen LogP contribution in [0.3, 0.4) is 0 Å². The van der Waals surface area contributed by atoms with Crippen molar-refractivity contribution in [2.75, 3.05) is 0 Å². The lowest BCUT2D eigenvalue weighted by molar-refractivity contribution is 0.0684. The first-order chi connectivity index (χ1) is 6.15. The van der Waals surface area contributed by atoms with E-state index in [-0.39, 0.29) is 0 Å². The predicted octanol–water partition coefficient (Wildman–Crippen LogP) is 2.23. The predicted molar refractivity (Wildman–Crippen MR) is 50.8 cm³/mol. The summed E-state index contributed by atoms with van der Waals surface area (Å²) in [5.74, 6) is -0.334. The largest absolute Gasteiger partial charge is 0.477 e. The van der Waals surface area contributed by atoms with Crippen LogP contribution >= 0.6 is 0 Å². The van der Waals surface area contributed by atoms with Crippen molar-refractivity contribution in [1.29, 1.82) is 0 Å². The number of nitrogens with zero attached hydrogens (tertiary/aromatic N) is 1. The van der Waals surface area contributed by atoms with Crippen LogP contribution in [0.1, 0.15) is 30.8 Å². The fourth-order valence-electron chi connectivity index (χ4n) is 1.23. The molecule has 1 atom stereocenters. The maximum absolute atomic E-state index is 10.7. The van der Waals surface area contributed by atoms with Crippen molar-refractivity contribution >= 4 is 5.97 Å². The third-order valence-corrected chi connectivity index (χ3v) is 2.25. The van der Waals surface area contributed by atoms with E-state index >= 15 is 0 Å². The lowest BCUT2D eigenvalue weighted by Crippen LogP contribution is -2.12. The van der Waals surface area contributed by atoms with Crippen LogP contribution in [0.4, 0.5) is 0 Å². The van der Waals surface area contributed by atoms with Gasteiger partial charge >= 0.3 is 5.97 Å². The van der Waals surface area contributed by atoms with E-state index < -0.39 is 5.97 Å². The first-order valence-corrected chi connectivity index (χ1v) is 4.53. The van der Waals surface area contributed by atoms with Crippen LogP contribution in [0.15, 0.2) is 18.3 Å². The zero-order chi connectivity index (χ0) is 9.84. The van der Waals surface area contributed by atoms with E-state index in [2.05, 4.69) is 13.8 Å². The second-order valence-corrected chi connectivity index (χ2v) is 3.36. The maximum Gasteiger partial charge on any atom is 0.352 e. The lowest BCUT2D eigenvalue weighted by Gasteiger charge is -2.11. The number of carboxylic acids is 1. The van der Waals surface area contributed by atoms with Crippen molar-refractivity contribution in [1.82, 2.24) is 4.57 Å². The van der Waals surface area contributed by atoms with Crippen molar-refractivity contribution in [3.05, 3.63) is 24.0 Å². The molecule has 1 N–H and O–H groups in total. The first kappa shape index (κ1) is 9.84. The topological polar surface area (TPSA) is 42.2 Å². The molecule has 0 amide bonds. The summed E-state index contributed by atoms with van der Waals surface area (Å²) in [6, 6.07) is 3.40. The molecule has 0 radical (unpaired) electrons. The first-order valence-electron chi connectivity index (χ1n) is 4.53. The summed E-state index contributed by atoms with van der Waals surface area (Å²) >= 11 is 0. The number of rotatable bonds is 4. The molecule has 0 aromatic carbocycles. The highest BCUT2D eigenvalue weighted by Gasteiger charge is 2.09. The van der Waals surface area contributed by atoms with Gasteiger partial charge in [0.2, 0.25) is 0 Å². The zero-order valence-electron chi connectivity index (χ0n) is 8.03. The molecule has 1 aromatic rings. The van der Waals surface area contributed by atoms with Gasteiger partial charge in [0.1, 0.15) is 5.69 Å². The van der Waals surface area contributed by atoms with E-state index in [9.17, 15) is 4.79 Å². The zero-order valence-corrected chi connectivity index (χ0v) is 8.03. The highest BCUT2D eigenvalue weighted by Crippen LogP contribution is 2.09. The van der Waals surface area contributed by atoms with Gasteiger partial charge in [0, 0.05) is 12.7 Å². The number of hydrogen-bond donors (Lipinski definition) is 1. The van der Waals surface area contributed by atoms with Crippen LogP contribution in [0, 0.1) is 5.92 Å². The molecule has 1 rings (SSSR count). The monoisotopic (exact) mass is 181 g/mol. The molecule has 0 aliphatic carbocycles. The second kappa shape index (κ2) is 4.12. The van der Waals surface area contributed by atoms with Crippen LogP contribution in [0.2, 0.25) is 0 Å². The summed E-state index contributed by atoms with van der Waals surface area (Å²) in [6.07, 6.45) is 2.88. The molecule has 0 fully saturated rings. The minimum atomic E-state index is -0.853. The molecular weight excluding hydrogens is 166 g/mol. The third kappa shape index (κ3) is 2.34. The molecule has 1 heterocycles. The summed E-state index contributed by atoms with van der Waals surface area (Å²) in [4.78, 5) is 10.7. The Labute approximate surface area is 78.0 Å². The number of hydrogen-bond acceptors (Lipinski definition) is 1. The molecule has 1 aromatic heterocycles. The third-order valence-electron chi connectivity index (χ3n) is 2.25. The van der Waals surface area contributed by atoms with Gasteiger partial charge in [-0.3, -0.25) is 0 Å². The Hall–Kier alpha value is -1.25. The van der Waals surface area contributed by atoms with Crippen molar-refractivity contribution < 1.29 is 9.90 Å². The van der Waals surface area contributed by atoms with E-state index in [4.69, 9.17) is 5.11 Å². The fourth-order valence-corrected chi connectivity index (χ4v) is 1.23. The van der Waals surface area contributed by atoms with Gasteiger partial charge in [0.15, 0.2) is 0 Å². The molecule has 0 aliphatic rings. The Morgan fingerprint density at radius 2 is 2.38 bits per heavy atom. The van der Waals surface area contributed by atoms with Gasteiger partial charge < -0.3 is 9.67 Å². The Kier molecular flexibility index (Phi) is 3.12. The van der Waals surface area contributed by atoms with Gasteiger partial charge in [0.25, 0.3) is 0 Å². The number of aromatic carboxylic acids is 1. The van der Waals surface area contributed by atoms with Crippen molar-refractivity contribution in [3.8, 4) is 0 Å². The van der Waals surface area contributed by atoms with Crippen molar-refractivity contribution in [3.63, 3.8) is 0 Å². The number of carboxylic acid groups (broad SMARTS) is 1. The van der Waals surface area contributed by atoms with Gasteiger partial charge in [0.05, 0.1) is 0 Å². The molecule has 72 valence electrons. The van der Waals surface area contributed by atoms with Crippen LogP contribution < -0.4 is 0 Å². The summed E-state index contributed by atoms with van der Waals surface area (Å²) in [6.45, 7) is 5.01. The van der Waals surface area contributed by atoms with Gasteiger partial charge in [-0.25, -0.2) is 4.79 Å². The molecule has 0 bridgehead atoms. The highest BCUT2D eigenvalue weighted by molar-refractivity contribution is 5.85. The normalized spacial score (nSPS) is 12.8. The van der Waals surface area contributed by atoms with Gasteiger partial charge in [-0.05, 0) is 18.1 Å². The highest BCUT2D eigenvalue weighted by atomic mass is 16.4. The Balaban J connectivity index is 2.76. The molecule has 3 nitrogen and oxygen atoms in total. The molecule has 3 heteroatoms. The van der Waals surface area contributed by atoms with E-state index in [1.807, 2.05) is 6.20 Å². The van der Waals surface area contributed by atoms with E-state index in [1.54, 1.807) is 16.7 Å². The molecule has 0 aliphatic heterocycles. The number of carbonyl (C=O) groups is 1. The minimum absolute atomic E-state index is 0.375. The molecule has 0 saturated carbocycles. The fraction of sp³-hybridized carbons (Fsp3) is 0.500. The van der Waals surface area contributed by atoms with Gasteiger partial charge in [-0.2, -0.15) is 0 Å². The average molecular weight is 181 g/mol. The van der Waals surface area contributed by atoms with Crippen LogP contribution in [0.5, 0.6) is 0 Å². The SMILES string of the molecule is CCC(C)Cn1cccc1C(=O)O. The summed E-state index contributed by atoms with van der Waals surface area (Å²) in [5, 5.41) is 8.82. The minimum Gasteiger partial charge on any atom is -0.477 e. The van der Waals surface area contributed by atoms with E-state index in [1.165, 1.54) is 0 Å². The van der Waals surface area contributed by atoms with Crippen LogP contribution in [0.25, 0.3) is 0 Å². The summed E-state index contributed by atoms with van der Waals surface area (Å²) < 4.78 is 1.79. The second-order valence-electron chi connectivity index (χ2n) is 3.36. The van der Waals surface area contributed by atoms with E-state index in [0.29, 0.717) is 11.6 Å². The quantitative estimate of drug-likeness (QED) is 0.774. The van der Waals surface area contributed by atoms with Crippen LogP contribution in [-0.2, 0) is 6.54 Å². The summed E-state index contributed by atoms with van der Waals surface area (Å²) in [7, 11) is 0. The summed E-state index contributed by atoms with van der Waals surface area (Å²) in [5.41, 5.74) is 0.375. The van der Waals surface area contributed by atoms with Crippen molar-refractivity contribution in [2.24, 2.45) is 5.92 Å². The standard InChI is InChI=1S/C10H15NO2/c1-3-8(2)7-11-6-4-5-9(11)10(12)13/h4-6,8H,3,7H2,1-2H3,(H,12,13). The van der Waals surface area contributed by atoms with Gasteiger partial charge in [-0.1, -0.05) is 20.3 Å². The molecule has 0 spiro atoms. The Morgan fingerprint density at radius 3 is 2.92 bits per heavy atom. The van der Waals surface area contributed by atoms with Crippen molar-refractivity contribution in [2.45, 2.75) is 26.8 Å². The lowest BCUT2D eigenvalue weighted by atomic mass is 10.1. The molecule has 13 heavy (non-hydrogen) atoms. The van der Waals surface area contributed by atoms with E-state index in [0.717, 1.165) is 13.0 Å². The number of aromatic nitrogens is 1. The maximum atomic E-state index is 10.7. The Morgan fingerprint density at radius 1 is 1.69 bits per heavy atom. The van der Waals surface area contributed by atoms with Gasteiger partial charge in [-0.15, -0.1) is 0 Å². The Bertz CT molecular complexity index is 291. The molecule has 0 saturated heterocycles. The average Bonchev–Trinajstić information content (AvgIpc) is 2.52.